The van der Waals surface area contributed by atoms with Gasteiger partial charge in [-0.15, -0.1) is 0 Å². The van der Waals surface area contributed by atoms with Gasteiger partial charge in [0.05, 0.1) is 25.2 Å². The van der Waals surface area contributed by atoms with Crippen molar-refractivity contribution in [2.45, 2.75) is 71.5 Å². The van der Waals surface area contributed by atoms with Gasteiger partial charge in [0.15, 0.2) is 5.78 Å². The lowest BCUT2D eigenvalue weighted by Gasteiger charge is -2.61. The van der Waals surface area contributed by atoms with Crippen LogP contribution in [-0.2, 0) is 14.3 Å². The van der Waals surface area contributed by atoms with Crippen molar-refractivity contribution >= 4 is 11.8 Å². The molecule has 0 heterocycles. The van der Waals surface area contributed by atoms with Gasteiger partial charge in [0, 0.05) is 11.8 Å². The molecule has 5 nitrogen and oxygen atoms in total. The van der Waals surface area contributed by atoms with Gasteiger partial charge in [-0.1, -0.05) is 26.3 Å². The minimum absolute atomic E-state index is 0.0609. The molecule has 0 radical (unpaired) electrons. The van der Waals surface area contributed by atoms with Crippen LogP contribution in [0, 0.1) is 40.4 Å². The summed E-state index contributed by atoms with van der Waals surface area (Å²) in [6, 6.07) is 0. The number of esters is 1. The number of fused-ring (bicyclic) bond motifs is 5. The minimum atomic E-state index is -0.514. The van der Waals surface area contributed by atoms with Crippen LogP contribution in [0.25, 0.3) is 0 Å². The fourth-order valence-electron chi connectivity index (χ4n) is 7.70. The Balaban J connectivity index is 1.71. The van der Waals surface area contributed by atoms with Crippen molar-refractivity contribution in [2.75, 3.05) is 7.11 Å². The van der Waals surface area contributed by atoms with E-state index in [1.165, 1.54) is 7.11 Å². The molecule has 0 bridgehead atoms. The van der Waals surface area contributed by atoms with E-state index in [2.05, 4.69) is 13.8 Å². The van der Waals surface area contributed by atoms with Gasteiger partial charge in [-0.05, 0) is 67.3 Å². The van der Waals surface area contributed by atoms with Crippen LogP contribution < -0.4 is 0 Å². The summed E-state index contributed by atoms with van der Waals surface area (Å²) >= 11 is 0. The van der Waals surface area contributed by atoms with E-state index in [1.807, 2.05) is 6.92 Å². The summed E-state index contributed by atoms with van der Waals surface area (Å²) in [5.74, 6) is 0.218. The molecule has 4 aliphatic carbocycles. The molecule has 28 heavy (non-hydrogen) atoms. The maximum absolute atomic E-state index is 12.2. The van der Waals surface area contributed by atoms with Crippen molar-refractivity contribution in [3.05, 3.63) is 11.6 Å². The molecular formula is C23H34O5. The summed E-state index contributed by atoms with van der Waals surface area (Å²) in [5.41, 5.74) is 0.565. The number of rotatable bonds is 2. The number of aliphatic hydroxyl groups excluding tert-OH is 2. The highest BCUT2D eigenvalue weighted by atomic mass is 16.5. The third-order valence-electron chi connectivity index (χ3n) is 9.34. The molecule has 156 valence electrons. The average molecular weight is 391 g/mol. The number of ketones is 1. The fraction of sp³-hybridized carbons (Fsp3) is 0.826. The monoisotopic (exact) mass is 390 g/mol. The molecule has 0 aromatic rings. The second kappa shape index (κ2) is 6.66. The summed E-state index contributed by atoms with van der Waals surface area (Å²) in [7, 11) is 1.42. The quantitative estimate of drug-likeness (QED) is 0.709. The van der Waals surface area contributed by atoms with Gasteiger partial charge in [0.1, 0.15) is 0 Å². The van der Waals surface area contributed by atoms with Crippen molar-refractivity contribution in [1.82, 2.24) is 0 Å². The van der Waals surface area contributed by atoms with Crippen LogP contribution in [0.15, 0.2) is 11.6 Å². The smallest absolute Gasteiger partial charge is 0.308 e. The zero-order valence-corrected chi connectivity index (χ0v) is 17.5. The first kappa shape index (κ1) is 20.1. The summed E-state index contributed by atoms with van der Waals surface area (Å²) in [6.45, 7) is 6.27. The number of carbonyl (C=O) groups is 2. The molecular weight excluding hydrogens is 356 g/mol. The van der Waals surface area contributed by atoms with Crippen LogP contribution in [-0.4, -0.2) is 41.3 Å². The normalized spacial score (nSPS) is 48.8. The standard InChI is InChI=1S/C23H34O5/c1-12(21(27)28-4)15-5-6-16-20-17(11-19(26)23(15,16)3)22(2)8-7-14(24)9-13(22)10-18(20)25/h9,12,15-20,25-26H,5-8,10-11H2,1-4H3/t12-,15+,16-,17-,18+,19-,20-,22-,23+/m0/s1. The van der Waals surface area contributed by atoms with E-state index >= 15 is 0 Å². The second-order valence-electron chi connectivity index (χ2n) is 10.2. The van der Waals surface area contributed by atoms with Crippen molar-refractivity contribution in [3.8, 4) is 0 Å². The van der Waals surface area contributed by atoms with Crippen molar-refractivity contribution in [3.63, 3.8) is 0 Å². The van der Waals surface area contributed by atoms with E-state index in [9.17, 15) is 19.8 Å². The molecule has 0 spiro atoms. The Labute approximate surface area is 167 Å². The molecule has 0 aliphatic heterocycles. The van der Waals surface area contributed by atoms with Crippen LogP contribution in [0.2, 0.25) is 0 Å². The Bertz CT molecular complexity index is 714. The molecule has 0 amide bonds. The first-order valence-electron chi connectivity index (χ1n) is 10.8. The van der Waals surface area contributed by atoms with E-state index in [1.54, 1.807) is 6.08 Å². The molecule has 2 N–H and O–H groups in total. The topological polar surface area (TPSA) is 83.8 Å². The Morgan fingerprint density at radius 3 is 2.64 bits per heavy atom. The van der Waals surface area contributed by atoms with E-state index in [0.29, 0.717) is 19.3 Å². The molecule has 9 atom stereocenters. The molecule has 0 unspecified atom stereocenters. The Morgan fingerprint density at radius 2 is 1.96 bits per heavy atom. The summed E-state index contributed by atoms with van der Waals surface area (Å²) in [4.78, 5) is 24.2. The minimum Gasteiger partial charge on any atom is -0.469 e. The third-order valence-corrected chi connectivity index (χ3v) is 9.34. The number of carbonyl (C=O) groups excluding carboxylic acids is 2. The maximum Gasteiger partial charge on any atom is 0.308 e. The SMILES string of the molecule is COC(=O)[C@@H](C)[C@H]1CC[C@H]2[C@@H]3[C@H](O)CC4=CC(=O)CC[C@]4(C)[C@H]3C[C@H](O)[C@]12C. The highest BCUT2D eigenvalue weighted by Gasteiger charge is 2.65. The zero-order valence-electron chi connectivity index (χ0n) is 17.5. The predicted octanol–water partition coefficient (Wildman–Crippen LogP) is 2.89. The molecule has 4 aliphatic rings. The molecule has 3 fully saturated rings. The lowest BCUT2D eigenvalue weighted by molar-refractivity contribution is -0.174. The van der Waals surface area contributed by atoms with Gasteiger partial charge in [0.25, 0.3) is 0 Å². The van der Waals surface area contributed by atoms with Crippen LogP contribution in [0.4, 0.5) is 0 Å². The van der Waals surface area contributed by atoms with Gasteiger partial charge < -0.3 is 14.9 Å². The van der Waals surface area contributed by atoms with E-state index in [0.717, 1.165) is 24.8 Å². The van der Waals surface area contributed by atoms with E-state index in [-0.39, 0.29) is 46.8 Å². The zero-order chi connectivity index (χ0) is 20.4. The maximum atomic E-state index is 12.2. The Morgan fingerprint density at radius 1 is 1.25 bits per heavy atom. The van der Waals surface area contributed by atoms with Crippen molar-refractivity contribution < 1.29 is 24.5 Å². The number of ether oxygens (including phenoxy) is 1. The third kappa shape index (κ3) is 2.58. The van der Waals surface area contributed by atoms with Crippen LogP contribution >= 0.6 is 0 Å². The van der Waals surface area contributed by atoms with Crippen LogP contribution in [0.5, 0.6) is 0 Å². The summed E-state index contributed by atoms with van der Waals surface area (Å²) < 4.78 is 5.00. The predicted molar refractivity (Wildman–Crippen MR) is 104 cm³/mol. The van der Waals surface area contributed by atoms with Gasteiger partial charge in [0.2, 0.25) is 0 Å². The number of methoxy groups -OCH3 is 1. The van der Waals surface area contributed by atoms with E-state index in [4.69, 9.17) is 4.74 Å². The lowest BCUT2D eigenvalue weighted by Crippen LogP contribution is -2.60. The highest BCUT2D eigenvalue weighted by Crippen LogP contribution is 2.67. The number of hydrogen-bond donors (Lipinski definition) is 2. The largest absolute Gasteiger partial charge is 0.469 e. The van der Waals surface area contributed by atoms with Gasteiger partial charge in [-0.3, -0.25) is 9.59 Å². The second-order valence-corrected chi connectivity index (χ2v) is 10.2. The average Bonchev–Trinajstić information content (AvgIpc) is 3.01. The summed E-state index contributed by atoms with van der Waals surface area (Å²) in [6.07, 6.45) is 5.11. The van der Waals surface area contributed by atoms with E-state index < -0.39 is 17.6 Å². The van der Waals surface area contributed by atoms with Gasteiger partial charge in [-0.2, -0.15) is 0 Å². The number of aliphatic hydroxyl groups is 2. The first-order chi connectivity index (χ1) is 13.1. The van der Waals surface area contributed by atoms with Gasteiger partial charge >= 0.3 is 5.97 Å². The lowest BCUT2D eigenvalue weighted by atomic mass is 9.45. The molecule has 5 heteroatoms. The van der Waals surface area contributed by atoms with Crippen LogP contribution in [0.3, 0.4) is 0 Å². The molecule has 0 saturated heterocycles. The van der Waals surface area contributed by atoms with Crippen LogP contribution in [0.1, 0.15) is 59.3 Å². The van der Waals surface area contributed by atoms with Crippen molar-refractivity contribution in [1.29, 1.82) is 0 Å². The summed E-state index contributed by atoms with van der Waals surface area (Å²) in [5, 5.41) is 22.5. The van der Waals surface area contributed by atoms with Crippen molar-refractivity contribution in [2.24, 2.45) is 40.4 Å². The Hall–Kier alpha value is -1.20. The molecule has 0 aromatic carbocycles. The first-order valence-corrected chi connectivity index (χ1v) is 10.8. The molecule has 4 rings (SSSR count). The van der Waals surface area contributed by atoms with Gasteiger partial charge in [-0.25, -0.2) is 0 Å². The molecule has 3 saturated carbocycles. The number of hydrogen-bond acceptors (Lipinski definition) is 5. The highest BCUT2D eigenvalue weighted by molar-refractivity contribution is 5.91. The fourth-order valence-corrected chi connectivity index (χ4v) is 7.70. The molecule has 0 aromatic heterocycles. The Kier molecular flexibility index (Phi) is 4.78.